The Morgan fingerprint density at radius 3 is 2.62 bits per heavy atom. The van der Waals surface area contributed by atoms with E-state index in [-0.39, 0.29) is 18.4 Å². The van der Waals surface area contributed by atoms with Crippen LogP contribution < -0.4 is 0 Å². The van der Waals surface area contributed by atoms with Gasteiger partial charge in [0, 0.05) is 12.7 Å². The number of carbonyl (C=O) groups excluding carboxylic acids is 1. The second-order valence-electron chi connectivity index (χ2n) is 4.06. The first-order valence-corrected chi connectivity index (χ1v) is 5.15. The van der Waals surface area contributed by atoms with Crippen molar-refractivity contribution in [2.45, 2.75) is 13.8 Å². The van der Waals surface area contributed by atoms with Gasteiger partial charge in [-0.3, -0.25) is 9.59 Å². The van der Waals surface area contributed by atoms with Crippen LogP contribution in [-0.4, -0.2) is 40.0 Å². The molecule has 0 aliphatic heterocycles. The molecule has 16 heavy (non-hydrogen) atoms. The smallest absolute Gasteiger partial charge is 0.323 e. The van der Waals surface area contributed by atoms with Crippen LogP contribution >= 0.6 is 0 Å². The molecule has 1 amide bonds. The topological polar surface area (TPSA) is 73.4 Å². The standard InChI is InChI=1S/C11H16N2O3/c1-8(2)6-13(7-10(14)15)11(16)9-4-3-5-12-9/h3-5,8,12H,6-7H2,1-2H3,(H,14,15). The molecule has 0 saturated heterocycles. The first-order chi connectivity index (χ1) is 7.50. The third-order valence-electron chi connectivity index (χ3n) is 2.03. The number of hydrogen-bond donors (Lipinski definition) is 2. The highest BCUT2D eigenvalue weighted by Gasteiger charge is 2.19. The normalized spacial score (nSPS) is 10.4. The molecule has 1 aromatic heterocycles. The molecule has 0 bridgehead atoms. The Hall–Kier alpha value is -1.78. The molecule has 1 rings (SSSR count). The SMILES string of the molecule is CC(C)CN(CC(=O)O)C(=O)c1ccc[nH]1. The van der Waals surface area contributed by atoms with Crippen LogP contribution in [0.2, 0.25) is 0 Å². The van der Waals surface area contributed by atoms with Gasteiger partial charge in [0.2, 0.25) is 0 Å². The van der Waals surface area contributed by atoms with Gasteiger partial charge < -0.3 is 15.0 Å². The van der Waals surface area contributed by atoms with Crippen LogP contribution in [0, 0.1) is 5.92 Å². The number of aliphatic carboxylic acids is 1. The van der Waals surface area contributed by atoms with Crippen molar-refractivity contribution in [3.05, 3.63) is 24.0 Å². The number of carboxylic acid groups (broad SMARTS) is 1. The average Bonchev–Trinajstić information content (AvgIpc) is 2.66. The van der Waals surface area contributed by atoms with Crippen molar-refractivity contribution in [3.8, 4) is 0 Å². The number of nitrogens with one attached hydrogen (secondary N) is 1. The Labute approximate surface area is 94.1 Å². The minimum Gasteiger partial charge on any atom is -0.480 e. The summed E-state index contributed by atoms with van der Waals surface area (Å²) in [6.07, 6.45) is 1.64. The molecule has 88 valence electrons. The molecule has 0 aliphatic rings. The summed E-state index contributed by atoms with van der Waals surface area (Å²) >= 11 is 0. The molecule has 0 radical (unpaired) electrons. The van der Waals surface area contributed by atoms with Gasteiger partial charge in [-0.25, -0.2) is 0 Å². The number of H-pyrrole nitrogens is 1. The lowest BCUT2D eigenvalue weighted by atomic mass is 10.2. The van der Waals surface area contributed by atoms with E-state index in [1.54, 1.807) is 18.3 Å². The molecule has 1 heterocycles. The Morgan fingerprint density at radius 2 is 2.19 bits per heavy atom. The number of amides is 1. The monoisotopic (exact) mass is 224 g/mol. The van der Waals surface area contributed by atoms with Gasteiger partial charge in [-0.05, 0) is 18.1 Å². The summed E-state index contributed by atoms with van der Waals surface area (Å²) < 4.78 is 0. The van der Waals surface area contributed by atoms with Crippen molar-refractivity contribution < 1.29 is 14.7 Å². The van der Waals surface area contributed by atoms with Crippen LogP contribution in [0.4, 0.5) is 0 Å². The lowest BCUT2D eigenvalue weighted by molar-refractivity contribution is -0.137. The first kappa shape index (κ1) is 12.3. The third-order valence-corrected chi connectivity index (χ3v) is 2.03. The van der Waals surface area contributed by atoms with Gasteiger partial charge in [0.25, 0.3) is 5.91 Å². The molecule has 0 aromatic carbocycles. The van der Waals surface area contributed by atoms with Crippen LogP contribution in [0.15, 0.2) is 18.3 Å². The van der Waals surface area contributed by atoms with Crippen molar-refractivity contribution >= 4 is 11.9 Å². The largest absolute Gasteiger partial charge is 0.480 e. The Balaban J connectivity index is 2.75. The summed E-state index contributed by atoms with van der Waals surface area (Å²) in [7, 11) is 0. The van der Waals surface area contributed by atoms with E-state index >= 15 is 0 Å². The highest BCUT2D eigenvalue weighted by Crippen LogP contribution is 2.05. The zero-order chi connectivity index (χ0) is 12.1. The van der Waals surface area contributed by atoms with Crippen molar-refractivity contribution in [2.75, 3.05) is 13.1 Å². The van der Waals surface area contributed by atoms with E-state index in [2.05, 4.69) is 4.98 Å². The molecule has 0 spiro atoms. The third kappa shape index (κ3) is 3.42. The number of rotatable bonds is 5. The number of nitrogens with zero attached hydrogens (tertiary/aromatic N) is 1. The number of hydrogen-bond acceptors (Lipinski definition) is 2. The zero-order valence-electron chi connectivity index (χ0n) is 9.43. The molecule has 0 atom stereocenters. The maximum absolute atomic E-state index is 11.9. The van der Waals surface area contributed by atoms with E-state index < -0.39 is 5.97 Å². The van der Waals surface area contributed by atoms with Crippen molar-refractivity contribution in [2.24, 2.45) is 5.92 Å². The van der Waals surface area contributed by atoms with Crippen LogP contribution in [-0.2, 0) is 4.79 Å². The van der Waals surface area contributed by atoms with Crippen molar-refractivity contribution in [3.63, 3.8) is 0 Å². The van der Waals surface area contributed by atoms with Crippen molar-refractivity contribution in [1.29, 1.82) is 0 Å². The summed E-state index contributed by atoms with van der Waals surface area (Å²) in [4.78, 5) is 26.7. The molecule has 5 heteroatoms. The second-order valence-corrected chi connectivity index (χ2v) is 4.06. The Morgan fingerprint density at radius 1 is 1.50 bits per heavy atom. The van der Waals surface area contributed by atoms with Gasteiger partial charge in [-0.2, -0.15) is 0 Å². The van der Waals surface area contributed by atoms with E-state index in [1.807, 2.05) is 13.8 Å². The Kier molecular flexibility index (Phi) is 4.10. The van der Waals surface area contributed by atoms with Gasteiger partial charge in [0.15, 0.2) is 0 Å². The molecule has 1 aromatic rings. The van der Waals surface area contributed by atoms with Crippen LogP contribution in [0.1, 0.15) is 24.3 Å². The van der Waals surface area contributed by atoms with Gasteiger partial charge in [-0.15, -0.1) is 0 Å². The van der Waals surface area contributed by atoms with Gasteiger partial charge >= 0.3 is 5.97 Å². The fourth-order valence-electron chi connectivity index (χ4n) is 1.46. The maximum atomic E-state index is 11.9. The number of aromatic amines is 1. The molecule has 5 nitrogen and oxygen atoms in total. The summed E-state index contributed by atoms with van der Waals surface area (Å²) in [5.41, 5.74) is 0.418. The summed E-state index contributed by atoms with van der Waals surface area (Å²) in [5.74, 6) is -1.04. The van der Waals surface area contributed by atoms with Gasteiger partial charge in [-0.1, -0.05) is 13.8 Å². The fraction of sp³-hybridized carbons (Fsp3) is 0.455. The molecular weight excluding hydrogens is 208 g/mol. The summed E-state index contributed by atoms with van der Waals surface area (Å²) in [6, 6.07) is 3.35. The molecule has 0 aliphatic carbocycles. The zero-order valence-corrected chi connectivity index (χ0v) is 9.43. The number of carbonyl (C=O) groups is 2. The van der Waals surface area contributed by atoms with E-state index in [0.717, 1.165) is 0 Å². The minimum atomic E-state index is -0.999. The summed E-state index contributed by atoms with van der Waals surface area (Å²) in [6.45, 7) is 4.05. The highest BCUT2D eigenvalue weighted by atomic mass is 16.4. The van der Waals surface area contributed by atoms with Crippen molar-refractivity contribution in [1.82, 2.24) is 9.88 Å². The molecule has 0 fully saturated rings. The predicted molar refractivity (Wildman–Crippen MR) is 59.2 cm³/mol. The van der Waals surface area contributed by atoms with E-state index in [1.165, 1.54) is 4.90 Å². The summed E-state index contributed by atoms with van der Waals surface area (Å²) in [5, 5.41) is 8.74. The fourth-order valence-corrected chi connectivity index (χ4v) is 1.46. The molecule has 0 saturated carbocycles. The average molecular weight is 224 g/mol. The quantitative estimate of drug-likeness (QED) is 0.789. The number of aromatic nitrogens is 1. The van der Waals surface area contributed by atoms with E-state index in [4.69, 9.17) is 5.11 Å². The minimum absolute atomic E-state index is 0.235. The Bertz CT molecular complexity index is 357. The lowest BCUT2D eigenvalue weighted by Gasteiger charge is -2.22. The lowest BCUT2D eigenvalue weighted by Crippen LogP contribution is -2.38. The molecular formula is C11H16N2O3. The van der Waals surface area contributed by atoms with Crippen LogP contribution in [0.5, 0.6) is 0 Å². The second kappa shape index (κ2) is 5.34. The van der Waals surface area contributed by atoms with Gasteiger partial charge in [0.1, 0.15) is 12.2 Å². The molecule has 0 unspecified atom stereocenters. The van der Waals surface area contributed by atoms with Gasteiger partial charge in [0.05, 0.1) is 0 Å². The van der Waals surface area contributed by atoms with Crippen LogP contribution in [0.25, 0.3) is 0 Å². The predicted octanol–water partition coefficient (Wildman–Crippen LogP) is 1.20. The first-order valence-electron chi connectivity index (χ1n) is 5.15. The van der Waals surface area contributed by atoms with E-state index in [9.17, 15) is 9.59 Å². The highest BCUT2D eigenvalue weighted by molar-refractivity contribution is 5.94. The maximum Gasteiger partial charge on any atom is 0.323 e. The number of carboxylic acids is 1. The molecule has 2 N–H and O–H groups in total. The van der Waals surface area contributed by atoms with Crippen LogP contribution in [0.3, 0.4) is 0 Å². The van der Waals surface area contributed by atoms with E-state index in [0.29, 0.717) is 12.2 Å².